The quantitative estimate of drug-likeness (QED) is 0.116. The Morgan fingerprint density at radius 3 is 2.50 bits per heavy atom. The predicted octanol–water partition coefficient (Wildman–Crippen LogP) is 7.26. The van der Waals surface area contributed by atoms with Crippen molar-refractivity contribution < 1.29 is 4.57 Å². The summed E-state index contributed by atoms with van der Waals surface area (Å²) in [7, 11) is 2.14. The Hall–Kier alpha value is -3.64. The highest BCUT2D eigenvalue weighted by Crippen LogP contribution is 2.43. The number of aryl methyl sites for hydroxylation is 2. The van der Waals surface area contributed by atoms with Crippen LogP contribution in [0.4, 0.5) is 5.69 Å². The normalized spacial score (nSPS) is 12.6. The summed E-state index contributed by atoms with van der Waals surface area (Å²) in [6.07, 6.45) is 3.19. The minimum Gasteiger partial charge on any atom is -0.317 e. The lowest BCUT2D eigenvalue weighted by atomic mass is 9.87. The lowest BCUT2D eigenvalue weighted by molar-refractivity contribution is -0.643. The van der Waals surface area contributed by atoms with Gasteiger partial charge in [0.05, 0.1) is 33.9 Å². The van der Waals surface area contributed by atoms with Crippen molar-refractivity contribution in [1.82, 2.24) is 4.40 Å². The number of nitrogens with zero attached hydrogens (tertiary/aromatic N) is 3. The van der Waals surface area contributed by atoms with Crippen LogP contribution in [0.2, 0.25) is 0 Å². The van der Waals surface area contributed by atoms with Crippen LogP contribution >= 0.6 is 0 Å². The van der Waals surface area contributed by atoms with E-state index >= 15 is 0 Å². The van der Waals surface area contributed by atoms with Gasteiger partial charge in [0.15, 0.2) is 6.20 Å². The Kier molecular flexibility index (Phi) is 3.70. The fourth-order valence-electron chi connectivity index (χ4n) is 5.60. The average Bonchev–Trinajstić information content (AvgIpc) is 3.08. The molecule has 0 bridgehead atoms. The molecular weight excluding hydrogens is 390 g/mol. The molecule has 3 heteroatoms. The average molecular weight is 417 g/mol. The van der Waals surface area contributed by atoms with Crippen LogP contribution in [0, 0.1) is 18.9 Å². The van der Waals surface area contributed by atoms with Crippen molar-refractivity contribution in [3.8, 4) is 0 Å². The molecule has 0 unspecified atom stereocenters. The van der Waals surface area contributed by atoms with Gasteiger partial charge < -0.3 is 4.40 Å². The van der Waals surface area contributed by atoms with Gasteiger partial charge in [-0.25, -0.2) is 9.41 Å². The summed E-state index contributed by atoms with van der Waals surface area (Å²) in [6, 6.07) is 17.5. The third-order valence-corrected chi connectivity index (χ3v) is 6.75. The third kappa shape index (κ3) is 2.44. The molecule has 0 N–H and O–H groups in total. The predicted molar refractivity (Wildman–Crippen MR) is 134 cm³/mol. The number of fused-ring (bicyclic) bond motifs is 5. The van der Waals surface area contributed by atoms with Crippen LogP contribution in [0.25, 0.3) is 53.8 Å². The van der Waals surface area contributed by atoms with E-state index in [-0.39, 0.29) is 5.41 Å². The molecule has 32 heavy (non-hydrogen) atoms. The zero-order valence-electron chi connectivity index (χ0n) is 19.2. The second kappa shape index (κ2) is 6.20. The number of pyridine rings is 2. The summed E-state index contributed by atoms with van der Waals surface area (Å²) in [5.74, 6) is 0. The highest BCUT2D eigenvalue weighted by Gasteiger charge is 2.25. The summed E-state index contributed by atoms with van der Waals surface area (Å²) >= 11 is 0. The fourth-order valence-corrected chi connectivity index (χ4v) is 5.60. The number of rotatable bonds is 1. The first kappa shape index (κ1) is 19.1. The van der Waals surface area contributed by atoms with Gasteiger partial charge in [-0.15, -0.1) is 0 Å². The molecule has 0 saturated heterocycles. The summed E-state index contributed by atoms with van der Waals surface area (Å²) in [4.78, 5) is 3.92. The Morgan fingerprint density at radius 2 is 1.75 bits per heavy atom. The zero-order chi connectivity index (χ0) is 22.4. The first-order valence-corrected chi connectivity index (χ1v) is 11.2. The molecule has 0 aliphatic carbocycles. The number of hydrogen-bond acceptors (Lipinski definition) is 0. The van der Waals surface area contributed by atoms with Gasteiger partial charge in [0, 0.05) is 11.5 Å². The SMILES string of the molecule is [C-]#[N+]c1cccc2c3ccc(C)c4c3n(c3cc(CC(C)(C)C)cc5cc[n+](C)c4c53)c12. The Bertz CT molecular complexity index is 1750. The van der Waals surface area contributed by atoms with Crippen LogP contribution in [-0.2, 0) is 13.5 Å². The van der Waals surface area contributed by atoms with Crippen molar-refractivity contribution in [1.29, 1.82) is 0 Å². The molecule has 3 heterocycles. The van der Waals surface area contributed by atoms with E-state index in [2.05, 4.69) is 91.2 Å². The molecule has 0 amide bonds. The molecule has 0 saturated carbocycles. The topological polar surface area (TPSA) is 12.6 Å². The van der Waals surface area contributed by atoms with E-state index in [9.17, 15) is 0 Å². The zero-order valence-corrected chi connectivity index (χ0v) is 19.2. The van der Waals surface area contributed by atoms with Crippen LogP contribution in [0.3, 0.4) is 0 Å². The molecule has 3 aromatic heterocycles. The third-order valence-electron chi connectivity index (χ3n) is 6.75. The largest absolute Gasteiger partial charge is 0.317 e. The van der Waals surface area contributed by atoms with E-state index in [0.717, 1.165) is 17.3 Å². The van der Waals surface area contributed by atoms with Crippen molar-refractivity contribution >= 4 is 54.7 Å². The lowest BCUT2D eigenvalue weighted by Gasteiger charge is -2.20. The van der Waals surface area contributed by atoms with Crippen molar-refractivity contribution in [2.45, 2.75) is 34.1 Å². The van der Waals surface area contributed by atoms with E-state index in [0.29, 0.717) is 5.69 Å². The van der Waals surface area contributed by atoms with Gasteiger partial charge in [0.2, 0.25) is 11.2 Å². The first-order chi connectivity index (χ1) is 15.3. The van der Waals surface area contributed by atoms with E-state index in [1.807, 2.05) is 12.1 Å². The number of hydrogen-bond donors (Lipinski definition) is 0. The van der Waals surface area contributed by atoms with E-state index in [1.54, 1.807) is 0 Å². The molecular formula is C29H26N3+. The van der Waals surface area contributed by atoms with Gasteiger partial charge in [-0.05, 0) is 46.7 Å². The second-order valence-corrected chi connectivity index (χ2v) is 10.4. The number of benzene rings is 3. The molecule has 0 aliphatic rings. The van der Waals surface area contributed by atoms with Gasteiger partial charge in [-0.2, -0.15) is 0 Å². The maximum atomic E-state index is 7.88. The van der Waals surface area contributed by atoms with E-state index in [4.69, 9.17) is 6.57 Å². The minimum atomic E-state index is 0.196. The molecule has 3 aromatic carbocycles. The van der Waals surface area contributed by atoms with E-state index in [1.165, 1.54) is 49.2 Å². The second-order valence-electron chi connectivity index (χ2n) is 10.4. The molecule has 6 aromatic rings. The number of aromatic nitrogens is 2. The molecule has 6 rings (SSSR count). The molecule has 0 fully saturated rings. The van der Waals surface area contributed by atoms with E-state index < -0.39 is 0 Å². The van der Waals surface area contributed by atoms with Crippen LogP contribution in [-0.4, -0.2) is 4.40 Å². The van der Waals surface area contributed by atoms with Crippen molar-refractivity contribution in [3.05, 3.63) is 77.3 Å². The smallest absolute Gasteiger partial charge is 0.224 e. The Labute approximate surface area is 187 Å². The van der Waals surface area contributed by atoms with Crippen LogP contribution < -0.4 is 4.57 Å². The summed E-state index contributed by atoms with van der Waals surface area (Å²) < 4.78 is 4.63. The maximum Gasteiger partial charge on any atom is 0.224 e. The summed E-state index contributed by atoms with van der Waals surface area (Å²) in [5, 5.41) is 6.18. The van der Waals surface area contributed by atoms with Gasteiger partial charge in [-0.1, -0.05) is 57.2 Å². The van der Waals surface area contributed by atoms with Crippen molar-refractivity contribution in [2.24, 2.45) is 12.5 Å². The fraction of sp³-hybridized carbons (Fsp3) is 0.241. The highest BCUT2D eigenvalue weighted by molar-refractivity contribution is 6.27. The summed E-state index contributed by atoms with van der Waals surface area (Å²) in [6.45, 7) is 16.9. The molecule has 3 nitrogen and oxygen atoms in total. The number of para-hydroxylation sites is 1. The molecule has 0 radical (unpaired) electrons. The van der Waals surface area contributed by atoms with Gasteiger partial charge in [-0.3, -0.25) is 0 Å². The van der Waals surface area contributed by atoms with Crippen LogP contribution in [0.1, 0.15) is 31.9 Å². The monoisotopic (exact) mass is 416 g/mol. The molecule has 0 aliphatic heterocycles. The van der Waals surface area contributed by atoms with Gasteiger partial charge in [0.1, 0.15) is 7.05 Å². The van der Waals surface area contributed by atoms with Crippen LogP contribution in [0.15, 0.2) is 54.7 Å². The molecule has 156 valence electrons. The summed E-state index contributed by atoms with van der Waals surface area (Å²) in [5.41, 5.74) is 8.21. The molecule has 0 spiro atoms. The minimum absolute atomic E-state index is 0.196. The maximum absolute atomic E-state index is 7.88. The Morgan fingerprint density at radius 1 is 0.969 bits per heavy atom. The first-order valence-electron chi connectivity index (χ1n) is 11.2. The highest BCUT2D eigenvalue weighted by atomic mass is 15.0. The van der Waals surface area contributed by atoms with Gasteiger partial charge >= 0.3 is 0 Å². The van der Waals surface area contributed by atoms with Crippen molar-refractivity contribution in [3.63, 3.8) is 0 Å². The lowest BCUT2D eigenvalue weighted by Crippen LogP contribution is -2.29. The van der Waals surface area contributed by atoms with Gasteiger partial charge in [0.25, 0.3) is 0 Å². The molecule has 0 atom stereocenters. The Balaban J connectivity index is 2.01. The standard InChI is InChI=1S/C29H26N3/c1-17-10-11-21-20-8-7-9-22(30-5)26(20)32-23-15-18(16-29(2,3)4)14-19-12-13-31(6)28(25(19)23)24(17)27(21)32/h7-15H,16H2,1-4,6H3/q+1. The van der Waals surface area contributed by atoms with Crippen LogP contribution in [0.5, 0.6) is 0 Å². The van der Waals surface area contributed by atoms with Crippen molar-refractivity contribution in [2.75, 3.05) is 0 Å².